The third-order valence-corrected chi connectivity index (χ3v) is 3.04. The second-order valence-electron chi connectivity index (χ2n) is 2.73. The van der Waals surface area contributed by atoms with Gasteiger partial charge in [-0.2, -0.15) is 17.0 Å². The summed E-state index contributed by atoms with van der Waals surface area (Å²) in [4.78, 5) is 0. The van der Waals surface area contributed by atoms with Gasteiger partial charge in [-0.25, -0.2) is 0 Å². The predicted molar refractivity (Wildman–Crippen MR) is 47.0 cm³/mol. The predicted octanol–water partition coefficient (Wildman–Crippen LogP) is 2.68. The van der Waals surface area contributed by atoms with Crippen LogP contribution in [0.25, 0.3) is 0 Å². The Morgan fingerprint density at radius 3 is 2.40 bits per heavy atom. The molecule has 58 valence electrons. The van der Waals surface area contributed by atoms with Gasteiger partial charge in [-0.1, -0.05) is 20.8 Å². The van der Waals surface area contributed by atoms with Crippen molar-refractivity contribution in [1.82, 2.24) is 0 Å². The molecule has 1 nitrogen and oxygen atoms in total. The number of nitriles is 1. The molecule has 0 aliphatic heterocycles. The van der Waals surface area contributed by atoms with E-state index >= 15 is 0 Å². The van der Waals surface area contributed by atoms with Crippen molar-refractivity contribution < 1.29 is 0 Å². The molecule has 0 aromatic carbocycles. The minimum absolute atomic E-state index is 0.682. The molecular formula is C8H15NS. The maximum absolute atomic E-state index is 8.25. The van der Waals surface area contributed by atoms with Gasteiger partial charge in [0.15, 0.2) is 0 Å². The normalized spacial score (nSPS) is 13.1. The van der Waals surface area contributed by atoms with Gasteiger partial charge in [0, 0.05) is 17.4 Å². The molecule has 1 unspecified atom stereocenters. The number of rotatable bonds is 4. The third-order valence-electron chi connectivity index (χ3n) is 1.53. The van der Waals surface area contributed by atoms with E-state index in [0.29, 0.717) is 11.7 Å². The molecule has 0 radical (unpaired) electrons. The highest BCUT2D eigenvalue weighted by Gasteiger charge is 2.05. The van der Waals surface area contributed by atoms with Crippen LogP contribution >= 0.6 is 11.8 Å². The average Bonchev–Trinajstić information content (AvgIpc) is 1.88. The van der Waals surface area contributed by atoms with Gasteiger partial charge < -0.3 is 0 Å². The monoisotopic (exact) mass is 157 g/mol. The van der Waals surface area contributed by atoms with Gasteiger partial charge in [0.05, 0.1) is 6.07 Å². The molecule has 0 saturated heterocycles. The van der Waals surface area contributed by atoms with E-state index in [1.165, 1.54) is 0 Å². The third kappa shape index (κ3) is 4.69. The largest absolute Gasteiger partial charge is 0.198 e. The molecule has 0 aromatic rings. The zero-order valence-corrected chi connectivity index (χ0v) is 7.74. The summed E-state index contributed by atoms with van der Waals surface area (Å²) in [5.41, 5.74) is 0. The van der Waals surface area contributed by atoms with Crippen molar-refractivity contribution in [3.05, 3.63) is 0 Å². The van der Waals surface area contributed by atoms with Crippen LogP contribution in [0.2, 0.25) is 0 Å². The standard InChI is InChI=1S/C8H15NS/c1-7(2)8(3)10-6-4-5-9/h7-8H,4,6H2,1-3H3. The van der Waals surface area contributed by atoms with Gasteiger partial charge in [-0.05, 0) is 5.92 Å². The second-order valence-corrected chi connectivity index (χ2v) is 4.21. The smallest absolute Gasteiger partial charge is 0.0630 e. The van der Waals surface area contributed by atoms with Crippen LogP contribution in [0, 0.1) is 17.2 Å². The topological polar surface area (TPSA) is 23.8 Å². The first-order valence-electron chi connectivity index (χ1n) is 3.67. The van der Waals surface area contributed by atoms with Crippen molar-refractivity contribution >= 4 is 11.8 Å². The lowest BCUT2D eigenvalue weighted by molar-refractivity contribution is 0.642. The molecule has 0 saturated carbocycles. The van der Waals surface area contributed by atoms with Gasteiger partial charge in [0.1, 0.15) is 0 Å². The summed E-state index contributed by atoms with van der Waals surface area (Å²) in [7, 11) is 0. The Balaban J connectivity index is 3.23. The number of hydrogen-bond acceptors (Lipinski definition) is 2. The average molecular weight is 157 g/mol. The van der Waals surface area contributed by atoms with Gasteiger partial charge in [0.25, 0.3) is 0 Å². The zero-order valence-electron chi connectivity index (χ0n) is 6.92. The van der Waals surface area contributed by atoms with Crippen molar-refractivity contribution in [1.29, 1.82) is 5.26 Å². The van der Waals surface area contributed by atoms with Gasteiger partial charge in [-0.15, -0.1) is 0 Å². The van der Waals surface area contributed by atoms with Crippen LogP contribution in [-0.2, 0) is 0 Å². The van der Waals surface area contributed by atoms with Crippen molar-refractivity contribution in [3.8, 4) is 6.07 Å². The van der Waals surface area contributed by atoms with Gasteiger partial charge >= 0.3 is 0 Å². The summed E-state index contributed by atoms with van der Waals surface area (Å²) >= 11 is 1.89. The van der Waals surface area contributed by atoms with E-state index < -0.39 is 0 Å². The van der Waals surface area contributed by atoms with Crippen LogP contribution in [-0.4, -0.2) is 11.0 Å². The van der Waals surface area contributed by atoms with Crippen LogP contribution in [0.3, 0.4) is 0 Å². The minimum atomic E-state index is 0.682. The van der Waals surface area contributed by atoms with Gasteiger partial charge in [0.2, 0.25) is 0 Å². The van der Waals surface area contributed by atoms with E-state index in [0.717, 1.165) is 11.7 Å². The van der Waals surface area contributed by atoms with Crippen molar-refractivity contribution in [2.75, 3.05) is 5.75 Å². The Morgan fingerprint density at radius 1 is 1.40 bits per heavy atom. The Morgan fingerprint density at radius 2 is 2.00 bits per heavy atom. The second kappa shape index (κ2) is 5.61. The van der Waals surface area contributed by atoms with Crippen LogP contribution < -0.4 is 0 Å². The summed E-state index contributed by atoms with van der Waals surface area (Å²) in [6.07, 6.45) is 0.682. The molecule has 0 fully saturated rings. The molecular weight excluding hydrogens is 142 g/mol. The number of nitrogens with zero attached hydrogens (tertiary/aromatic N) is 1. The highest BCUT2D eigenvalue weighted by molar-refractivity contribution is 7.99. The molecule has 0 bridgehead atoms. The summed E-state index contributed by atoms with van der Waals surface area (Å²) < 4.78 is 0. The molecule has 1 atom stereocenters. The first-order chi connectivity index (χ1) is 4.68. The Hall–Kier alpha value is -0.160. The Labute approximate surface area is 67.8 Å². The molecule has 0 rings (SSSR count). The fourth-order valence-electron chi connectivity index (χ4n) is 0.483. The molecule has 0 amide bonds. The zero-order chi connectivity index (χ0) is 7.98. The quantitative estimate of drug-likeness (QED) is 0.586. The fraction of sp³-hybridized carbons (Fsp3) is 0.875. The molecule has 0 aromatic heterocycles. The lowest BCUT2D eigenvalue weighted by atomic mass is 10.2. The first-order valence-corrected chi connectivity index (χ1v) is 4.72. The summed E-state index contributed by atoms with van der Waals surface area (Å²) in [5, 5.41) is 8.94. The summed E-state index contributed by atoms with van der Waals surface area (Å²) in [6.45, 7) is 6.64. The highest BCUT2D eigenvalue weighted by Crippen LogP contribution is 2.18. The van der Waals surface area contributed by atoms with E-state index in [-0.39, 0.29) is 0 Å². The fourth-order valence-corrected chi connectivity index (χ4v) is 1.45. The molecule has 0 aliphatic carbocycles. The molecule has 0 N–H and O–H groups in total. The van der Waals surface area contributed by atoms with Crippen molar-refractivity contribution in [3.63, 3.8) is 0 Å². The highest BCUT2D eigenvalue weighted by atomic mass is 32.2. The van der Waals surface area contributed by atoms with Gasteiger partial charge in [-0.3, -0.25) is 0 Å². The van der Waals surface area contributed by atoms with Crippen LogP contribution in [0.1, 0.15) is 27.2 Å². The summed E-state index contributed by atoms with van der Waals surface area (Å²) in [6, 6.07) is 2.14. The molecule has 10 heavy (non-hydrogen) atoms. The number of hydrogen-bond donors (Lipinski definition) is 0. The van der Waals surface area contributed by atoms with E-state index in [2.05, 4.69) is 26.8 Å². The Bertz CT molecular complexity index is 115. The minimum Gasteiger partial charge on any atom is -0.198 e. The van der Waals surface area contributed by atoms with Crippen LogP contribution in [0.15, 0.2) is 0 Å². The molecule has 0 spiro atoms. The Kier molecular flexibility index (Phi) is 5.52. The van der Waals surface area contributed by atoms with E-state index in [4.69, 9.17) is 5.26 Å². The van der Waals surface area contributed by atoms with E-state index in [9.17, 15) is 0 Å². The van der Waals surface area contributed by atoms with Crippen LogP contribution in [0.4, 0.5) is 0 Å². The first kappa shape index (κ1) is 9.84. The molecule has 0 aliphatic rings. The summed E-state index contributed by atoms with van der Waals surface area (Å²) in [5.74, 6) is 1.71. The van der Waals surface area contributed by atoms with E-state index in [1.54, 1.807) is 0 Å². The van der Waals surface area contributed by atoms with Crippen molar-refractivity contribution in [2.24, 2.45) is 5.92 Å². The SMILES string of the molecule is CC(C)C(C)SCCC#N. The maximum atomic E-state index is 8.25. The number of thioether (sulfide) groups is 1. The van der Waals surface area contributed by atoms with E-state index in [1.807, 2.05) is 11.8 Å². The lowest BCUT2D eigenvalue weighted by Crippen LogP contribution is -2.05. The van der Waals surface area contributed by atoms with Crippen LogP contribution in [0.5, 0.6) is 0 Å². The molecule has 2 heteroatoms. The molecule has 0 heterocycles. The lowest BCUT2D eigenvalue weighted by Gasteiger charge is -2.13. The van der Waals surface area contributed by atoms with Crippen molar-refractivity contribution in [2.45, 2.75) is 32.4 Å². The maximum Gasteiger partial charge on any atom is 0.0630 e.